The van der Waals surface area contributed by atoms with E-state index >= 15 is 0 Å². The number of anilines is 2. The highest BCUT2D eigenvalue weighted by Crippen LogP contribution is 2.17. The molecule has 0 aliphatic carbocycles. The summed E-state index contributed by atoms with van der Waals surface area (Å²) in [6, 6.07) is 12.6. The van der Waals surface area contributed by atoms with Crippen molar-refractivity contribution in [2.45, 2.75) is 26.9 Å². The molecule has 0 aliphatic heterocycles. The molecular weight excluding hydrogens is 264 g/mol. The number of rotatable bonds is 3. The summed E-state index contributed by atoms with van der Waals surface area (Å²) in [5.41, 5.74) is 4.58. The fourth-order valence-electron chi connectivity index (χ4n) is 1.96. The van der Waals surface area contributed by atoms with Gasteiger partial charge in [-0.05, 0) is 61.7 Å². The van der Waals surface area contributed by atoms with Crippen molar-refractivity contribution in [2.75, 3.05) is 10.6 Å². The normalized spacial score (nSPS) is 11.8. The van der Waals surface area contributed by atoms with Gasteiger partial charge in [0.1, 0.15) is 0 Å². The van der Waals surface area contributed by atoms with Gasteiger partial charge in [0.25, 0.3) is 0 Å². The number of amides is 2. The molecule has 2 aromatic rings. The highest BCUT2D eigenvalue weighted by Gasteiger charge is 2.05. The second kappa shape index (κ2) is 6.41. The summed E-state index contributed by atoms with van der Waals surface area (Å²) in [5.74, 6) is 0. The van der Waals surface area contributed by atoms with Crippen LogP contribution in [0, 0.1) is 13.8 Å². The third kappa shape index (κ3) is 4.07. The summed E-state index contributed by atoms with van der Waals surface area (Å²) >= 11 is 0. The summed E-state index contributed by atoms with van der Waals surface area (Å²) in [5, 5.41) is 15.0. The predicted octanol–water partition coefficient (Wildman–Crippen LogP) is 4.00. The zero-order valence-electron chi connectivity index (χ0n) is 12.5. The Balaban J connectivity index is 1.99. The summed E-state index contributed by atoms with van der Waals surface area (Å²) in [4.78, 5) is 11.9. The largest absolute Gasteiger partial charge is 0.389 e. The maximum atomic E-state index is 11.9. The van der Waals surface area contributed by atoms with E-state index in [9.17, 15) is 9.90 Å². The van der Waals surface area contributed by atoms with Gasteiger partial charge in [0.05, 0.1) is 6.10 Å². The van der Waals surface area contributed by atoms with E-state index in [4.69, 9.17) is 0 Å². The maximum Gasteiger partial charge on any atom is 0.323 e. The van der Waals surface area contributed by atoms with Crippen LogP contribution in [0.4, 0.5) is 16.2 Å². The van der Waals surface area contributed by atoms with Crippen LogP contribution in [0.3, 0.4) is 0 Å². The van der Waals surface area contributed by atoms with E-state index in [1.54, 1.807) is 31.2 Å². The van der Waals surface area contributed by atoms with Crippen LogP contribution in [0.5, 0.6) is 0 Å². The van der Waals surface area contributed by atoms with Gasteiger partial charge in [-0.3, -0.25) is 0 Å². The number of benzene rings is 2. The van der Waals surface area contributed by atoms with Crippen molar-refractivity contribution < 1.29 is 9.90 Å². The van der Waals surface area contributed by atoms with Crippen LogP contribution < -0.4 is 10.6 Å². The van der Waals surface area contributed by atoms with Crippen molar-refractivity contribution in [2.24, 2.45) is 0 Å². The molecule has 0 heterocycles. The van der Waals surface area contributed by atoms with Gasteiger partial charge in [-0.1, -0.05) is 18.2 Å². The number of carbonyl (C=O) groups is 1. The lowest BCUT2D eigenvalue weighted by Gasteiger charge is -2.10. The van der Waals surface area contributed by atoms with Crippen molar-refractivity contribution in [1.82, 2.24) is 0 Å². The minimum atomic E-state index is -0.511. The molecule has 0 saturated carbocycles. The molecule has 0 aliphatic rings. The van der Waals surface area contributed by atoms with Crippen molar-refractivity contribution >= 4 is 17.4 Å². The van der Waals surface area contributed by atoms with E-state index in [0.29, 0.717) is 5.69 Å². The number of hydrogen-bond acceptors (Lipinski definition) is 2. The predicted molar refractivity (Wildman–Crippen MR) is 85.6 cm³/mol. The van der Waals surface area contributed by atoms with Gasteiger partial charge in [-0.25, -0.2) is 4.79 Å². The van der Waals surface area contributed by atoms with Gasteiger partial charge in [-0.2, -0.15) is 0 Å². The second-order valence-corrected chi connectivity index (χ2v) is 5.18. The Kier molecular flexibility index (Phi) is 4.60. The van der Waals surface area contributed by atoms with Crippen LogP contribution >= 0.6 is 0 Å². The summed E-state index contributed by atoms with van der Waals surface area (Å²) in [6.45, 7) is 5.74. The summed E-state index contributed by atoms with van der Waals surface area (Å²) in [7, 11) is 0. The molecule has 2 rings (SSSR count). The highest BCUT2D eigenvalue weighted by atomic mass is 16.3. The number of aryl methyl sites for hydroxylation is 2. The maximum absolute atomic E-state index is 11.9. The van der Waals surface area contributed by atoms with Crippen LogP contribution in [0.2, 0.25) is 0 Å². The van der Waals surface area contributed by atoms with E-state index in [1.807, 2.05) is 32.0 Å². The number of aliphatic hydroxyl groups is 1. The smallest absolute Gasteiger partial charge is 0.323 e. The number of aliphatic hydroxyl groups excluding tert-OH is 1. The molecule has 21 heavy (non-hydrogen) atoms. The number of carbonyl (C=O) groups excluding carboxylic acids is 1. The van der Waals surface area contributed by atoms with E-state index < -0.39 is 6.10 Å². The van der Waals surface area contributed by atoms with Gasteiger partial charge in [0.15, 0.2) is 0 Å². The zero-order valence-corrected chi connectivity index (χ0v) is 12.5. The first-order valence-corrected chi connectivity index (χ1v) is 6.89. The lowest BCUT2D eigenvalue weighted by molar-refractivity contribution is 0.199. The highest BCUT2D eigenvalue weighted by molar-refractivity contribution is 5.99. The summed E-state index contributed by atoms with van der Waals surface area (Å²) in [6.07, 6.45) is -0.511. The average molecular weight is 284 g/mol. The van der Waals surface area contributed by atoms with Gasteiger partial charge in [-0.15, -0.1) is 0 Å². The fourth-order valence-corrected chi connectivity index (χ4v) is 1.96. The van der Waals surface area contributed by atoms with Gasteiger partial charge < -0.3 is 15.7 Å². The first kappa shape index (κ1) is 15.1. The van der Waals surface area contributed by atoms with Crippen molar-refractivity contribution in [3.63, 3.8) is 0 Å². The molecule has 0 bridgehead atoms. The third-order valence-electron chi connectivity index (χ3n) is 3.42. The number of urea groups is 1. The Bertz CT molecular complexity index is 634. The molecule has 2 aromatic carbocycles. The van der Waals surface area contributed by atoms with E-state index in [-0.39, 0.29) is 6.03 Å². The Morgan fingerprint density at radius 3 is 2.10 bits per heavy atom. The van der Waals surface area contributed by atoms with Crippen molar-refractivity contribution in [3.05, 3.63) is 59.2 Å². The van der Waals surface area contributed by atoms with Crippen LogP contribution in [0.1, 0.15) is 29.7 Å². The molecule has 0 aromatic heterocycles. The van der Waals surface area contributed by atoms with Gasteiger partial charge in [0, 0.05) is 11.4 Å². The molecular formula is C17H20N2O2. The molecule has 0 radical (unpaired) electrons. The molecule has 0 spiro atoms. The Morgan fingerprint density at radius 2 is 1.52 bits per heavy atom. The molecule has 1 atom stereocenters. The van der Waals surface area contributed by atoms with Crippen molar-refractivity contribution in [1.29, 1.82) is 0 Å². The molecule has 3 N–H and O–H groups in total. The molecule has 2 amide bonds. The third-order valence-corrected chi connectivity index (χ3v) is 3.42. The molecule has 1 unspecified atom stereocenters. The monoisotopic (exact) mass is 284 g/mol. The topological polar surface area (TPSA) is 61.4 Å². The molecule has 4 heteroatoms. The Labute approximate surface area is 124 Å². The molecule has 110 valence electrons. The summed E-state index contributed by atoms with van der Waals surface area (Å²) < 4.78 is 0. The standard InChI is InChI=1S/C17H20N2O2/c1-11-4-7-16(10-12(11)2)19-17(21)18-15-8-5-14(6-9-15)13(3)20/h4-10,13,20H,1-3H3,(H2,18,19,21). The zero-order chi connectivity index (χ0) is 15.4. The average Bonchev–Trinajstić information content (AvgIpc) is 2.43. The number of nitrogens with one attached hydrogen (secondary N) is 2. The van der Waals surface area contributed by atoms with E-state index in [0.717, 1.165) is 16.8 Å². The molecule has 0 fully saturated rings. The lowest BCUT2D eigenvalue weighted by atomic mass is 10.1. The van der Waals surface area contributed by atoms with E-state index in [2.05, 4.69) is 10.6 Å². The molecule has 0 saturated heterocycles. The van der Waals surface area contributed by atoms with Gasteiger partial charge in [0.2, 0.25) is 0 Å². The van der Waals surface area contributed by atoms with E-state index in [1.165, 1.54) is 5.56 Å². The van der Waals surface area contributed by atoms with Crippen LogP contribution in [0.15, 0.2) is 42.5 Å². The first-order chi connectivity index (χ1) is 9.95. The quantitative estimate of drug-likeness (QED) is 0.797. The van der Waals surface area contributed by atoms with Crippen molar-refractivity contribution in [3.8, 4) is 0 Å². The van der Waals surface area contributed by atoms with Gasteiger partial charge >= 0.3 is 6.03 Å². The van der Waals surface area contributed by atoms with Crippen LogP contribution in [-0.2, 0) is 0 Å². The van der Waals surface area contributed by atoms with Crippen LogP contribution in [0.25, 0.3) is 0 Å². The molecule has 4 nitrogen and oxygen atoms in total. The second-order valence-electron chi connectivity index (χ2n) is 5.18. The van der Waals surface area contributed by atoms with Crippen LogP contribution in [-0.4, -0.2) is 11.1 Å². The minimum absolute atomic E-state index is 0.289. The minimum Gasteiger partial charge on any atom is -0.389 e. The SMILES string of the molecule is Cc1ccc(NC(=O)Nc2ccc(C(C)O)cc2)cc1C. The first-order valence-electron chi connectivity index (χ1n) is 6.89. The fraction of sp³-hybridized carbons (Fsp3) is 0.235. The lowest BCUT2D eigenvalue weighted by Crippen LogP contribution is -2.19. The number of hydrogen-bond donors (Lipinski definition) is 3. The Morgan fingerprint density at radius 1 is 0.952 bits per heavy atom. The Hall–Kier alpha value is -2.33.